The van der Waals surface area contributed by atoms with Gasteiger partial charge in [0.2, 0.25) is 0 Å². The Bertz CT molecular complexity index is 392. The second-order valence-corrected chi connectivity index (χ2v) is 6.07. The summed E-state index contributed by atoms with van der Waals surface area (Å²) in [7, 11) is 0.211. The molecule has 0 bridgehead atoms. The summed E-state index contributed by atoms with van der Waals surface area (Å²) in [6.45, 7) is 5.87. The van der Waals surface area contributed by atoms with Gasteiger partial charge in [0.05, 0.1) is 10.9 Å². The van der Waals surface area contributed by atoms with Crippen molar-refractivity contribution in [1.82, 2.24) is 0 Å². The predicted molar refractivity (Wildman–Crippen MR) is 82.0 cm³/mol. The fourth-order valence-corrected chi connectivity index (χ4v) is 2.83. The highest BCUT2D eigenvalue weighted by Crippen LogP contribution is 2.22. The van der Waals surface area contributed by atoms with Crippen molar-refractivity contribution in [2.24, 2.45) is 0 Å². The summed E-state index contributed by atoms with van der Waals surface area (Å²) in [5, 5.41) is 0. The van der Waals surface area contributed by atoms with E-state index >= 15 is 0 Å². The molecule has 1 rings (SSSR count). The van der Waals surface area contributed by atoms with Crippen LogP contribution >= 0.6 is 0 Å². The lowest BCUT2D eigenvalue weighted by Gasteiger charge is -2.05. The molecule has 0 N–H and O–H groups in total. The Kier molecular flexibility index (Phi) is 6.49. The fraction of sp³-hybridized carbons (Fsp3) is 0.250. The molecule has 1 atom stereocenters. The van der Waals surface area contributed by atoms with Crippen LogP contribution < -0.4 is 0 Å². The van der Waals surface area contributed by atoms with E-state index in [9.17, 15) is 0 Å². The molecule has 1 heteroatoms. The normalized spacial score (nSPS) is 23.6. The molecule has 0 aliphatic heterocycles. The summed E-state index contributed by atoms with van der Waals surface area (Å²) < 4.78 is 0. The van der Waals surface area contributed by atoms with Gasteiger partial charge < -0.3 is 0 Å². The van der Waals surface area contributed by atoms with Crippen molar-refractivity contribution in [1.29, 1.82) is 0 Å². The van der Waals surface area contributed by atoms with Gasteiger partial charge in [0.15, 0.2) is 0 Å². The molecule has 0 fully saturated rings. The summed E-state index contributed by atoms with van der Waals surface area (Å²) in [6, 6.07) is 0. The Hall–Kier alpha value is -1.21. The van der Waals surface area contributed by atoms with Crippen LogP contribution in [0.1, 0.15) is 19.8 Å². The van der Waals surface area contributed by atoms with Crippen molar-refractivity contribution < 1.29 is 0 Å². The fourth-order valence-electron chi connectivity index (χ4n) is 1.50. The van der Waals surface area contributed by atoms with E-state index in [1.165, 1.54) is 9.81 Å². The van der Waals surface area contributed by atoms with E-state index in [4.69, 9.17) is 0 Å². The van der Waals surface area contributed by atoms with Crippen molar-refractivity contribution in [3.63, 3.8) is 0 Å². The minimum Gasteiger partial charge on any atom is -0.0991 e. The van der Waals surface area contributed by atoms with Crippen molar-refractivity contribution in [2.45, 2.75) is 19.8 Å². The molecule has 0 aromatic heterocycles. The maximum Gasteiger partial charge on any atom is 0.140 e. The van der Waals surface area contributed by atoms with Gasteiger partial charge in [-0.05, 0) is 18.6 Å². The molecule has 0 saturated heterocycles. The Morgan fingerprint density at radius 3 is 2.88 bits per heavy atom. The van der Waals surface area contributed by atoms with E-state index in [2.05, 4.69) is 62.3 Å². The predicted octanol–water partition coefficient (Wildman–Crippen LogP) is 4.67. The molecule has 1 aliphatic rings. The monoisotopic (exact) mass is 245 g/mol. The Morgan fingerprint density at radius 2 is 2.12 bits per heavy atom. The average Bonchev–Trinajstić information content (AvgIpc) is 2.28. The lowest BCUT2D eigenvalue weighted by Crippen LogP contribution is -2.03. The SMILES string of the molecule is C=C/C=C\C=C(/C)[S+](C)/C1=C/C=C\CC=CC1. The van der Waals surface area contributed by atoms with E-state index in [-0.39, 0.29) is 10.9 Å². The zero-order chi connectivity index (χ0) is 12.5. The molecule has 0 heterocycles. The van der Waals surface area contributed by atoms with E-state index in [0.29, 0.717) is 0 Å². The number of hydrogen-bond acceptors (Lipinski definition) is 0. The van der Waals surface area contributed by atoms with Crippen LogP contribution in [0, 0.1) is 0 Å². The molecule has 0 spiro atoms. The molecule has 1 unspecified atom stereocenters. The van der Waals surface area contributed by atoms with Crippen LogP contribution in [-0.4, -0.2) is 6.26 Å². The van der Waals surface area contributed by atoms with Crippen LogP contribution in [0.2, 0.25) is 0 Å². The second-order valence-electron chi connectivity index (χ2n) is 3.88. The summed E-state index contributed by atoms with van der Waals surface area (Å²) in [6.07, 6.45) is 23.6. The Morgan fingerprint density at radius 1 is 1.29 bits per heavy atom. The molecule has 0 aromatic carbocycles. The minimum atomic E-state index is 0.211. The van der Waals surface area contributed by atoms with Gasteiger partial charge in [-0.25, -0.2) is 0 Å². The quantitative estimate of drug-likeness (QED) is 0.383. The molecule has 1 aliphatic carbocycles. The highest BCUT2D eigenvalue weighted by molar-refractivity contribution is 8.03. The highest BCUT2D eigenvalue weighted by Gasteiger charge is 2.19. The van der Waals surface area contributed by atoms with Crippen LogP contribution in [0.15, 0.2) is 71.1 Å². The summed E-state index contributed by atoms with van der Waals surface area (Å²) >= 11 is 0. The molecule has 90 valence electrons. The molecule has 0 nitrogen and oxygen atoms in total. The molecule has 17 heavy (non-hydrogen) atoms. The molecular weight excluding hydrogens is 224 g/mol. The van der Waals surface area contributed by atoms with Crippen LogP contribution in [0.3, 0.4) is 0 Å². The third-order valence-electron chi connectivity index (χ3n) is 2.63. The lowest BCUT2D eigenvalue weighted by atomic mass is 10.2. The molecule has 0 amide bonds. The van der Waals surface area contributed by atoms with Gasteiger partial charge in [-0.3, -0.25) is 0 Å². The van der Waals surface area contributed by atoms with Gasteiger partial charge in [0, 0.05) is 13.3 Å². The first-order valence-corrected chi connectivity index (χ1v) is 7.51. The van der Waals surface area contributed by atoms with Crippen LogP contribution in [0.4, 0.5) is 0 Å². The van der Waals surface area contributed by atoms with Gasteiger partial charge in [-0.2, -0.15) is 0 Å². The number of hydrogen-bond donors (Lipinski definition) is 0. The Balaban J connectivity index is 2.76. The topological polar surface area (TPSA) is 0 Å². The summed E-state index contributed by atoms with van der Waals surface area (Å²) in [5.41, 5.74) is 0. The summed E-state index contributed by atoms with van der Waals surface area (Å²) in [4.78, 5) is 2.91. The molecule has 0 saturated carbocycles. The van der Waals surface area contributed by atoms with E-state index in [1.807, 2.05) is 6.08 Å². The minimum absolute atomic E-state index is 0.211. The van der Waals surface area contributed by atoms with Crippen LogP contribution in [-0.2, 0) is 10.9 Å². The largest absolute Gasteiger partial charge is 0.140 e. The van der Waals surface area contributed by atoms with E-state index in [1.54, 1.807) is 6.08 Å². The van der Waals surface area contributed by atoms with E-state index in [0.717, 1.165) is 12.8 Å². The third kappa shape index (κ3) is 5.10. The zero-order valence-corrected chi connectivity index (χ0v) is 11.5. The van der Waals surface area contributed by atoms with Crippen LogP contribution in [0.25, 0.3) is 0 Å². The smallest absolute Gasteiger partial charge is 0.0991 e. The molecule has 0 aromatic rings. The first kappa shape index (κ1) is 13.9. The average molecular weight is 245 g/mol. The van der Waals surface area contributed by atoms with Gasteiger partial charge in [0.1, 0.15) is 16.1 Å². The van der Waals surface area contributed by atoms with Gasteiger partial charge >= 0.3 is 0 Å². The third-order valence-corrected chi connectivity index (χ3v) is 4.82. The standard InChI is InChI=1S/C16H21S/c1-4-5-9-12-15(2)17(3)16-13-10-7-6-8-11-14-16/h4-5,7-13H,1,6,14H2,2-3H3/q+1/b9-5-,10-7-,11-8?,15-12+,16-13+. The highest BCUT2D eigenvalue weighted by atomic mass is 32.2. The first-order chi connectivity index (χ1) is 8.25. The number of allylic oxidation sites excluding steroid dienone is 11. The van der Waals surface area contributed by atoms with Crippen molar-refractivity contribution in [3.05, 3.63) is 71.1 Å². The van der Waals surface area contributed by atoms with Crippen LogP contribution in [0.5, 0.6) is 0 Å². The first-order valence-electron chi connectivity index (χ1n) is 5.88. The lowest BCUT2D eigenvalue weighted by molar-refractivity contribution is 1.27. The maximum atomic E-state index is 3.67. The molecule has 0 radical (unpaired) electrons. The zero-order valence-electron chi connectivity index (χ0n) is 10.7. The van der Waals surface area contributed by atoms with Gasteiger partial charge in [-0.15, -0.1) is 0 Å². The number of rotatable bonds is 4. The molecular formula is C16H21S+. The van der Waals surface area contributed by atoms with Crippen molar-refractivity contribution >= 4 is 10.9 Å². The van der Waals surface area contributed by atoms with Crippen molar-refractivity contribution in [3.8, 4) is 0 Å². The maximum absolute atomic E-state index is 3.67. The van der Waals surface area contributed by atoms with Gasteiger partial charge in [0.25, 0.3) is 0 Å². The van der Waals surface area contributed by atoms with Crippen molar-refractivity contribution in [2.75, 3.05) is 6.26 Å². The van der Waals surface area contributed by atoms with Gasteiger partial charge in [-0.1, -0.05) is 49.1 Å². The van der Waals surface area contributed by atoms with E-state index < -0.39 is 0 Å². The summed E-state index contributed by atoms with van der Waals surface area (Å²) in [5.74, 6) is 0. The second kappa shape index (κ2) is 7.97. The Labute approximate surface area is 108 Å².